The van der Waals surface area contributed by atoms with Crippen LogP contribution in [0.3, 0.4) is 0 Å². The van der Waals surface area contributed by atoms with E-state index in [2.05, 4.69) is 11.1 Å². The molecule has 2 aromatic rings. The Morgan fingerprint density at radius 2 is 2.35 bits per heavy atom. The SMILES string of the molecule is Cc1[nH]c2cccc3c2c1C(OC(N)=O)CC3. The van der Waals surface area contributed by atoms with E-state index in [0.717, 1.165) is 29.6 Å². The molecule has 1 aromatic carbocycles. The molecule has 0 spiro atoms. The van der Waals surface area contributed by atoms with Crippen LogP contribution < -0.4 is 5.73 Å². The largest absolute Gasteiger partial charge is 0.441 e. The number of benzene rings is 1. The number of nitrogens with one attached hydrogen (secondary N) is 1. The number of hydrogen-bond acceptors (Lipinski definition) is 2. The molecule has 4 heteroatoms. The van der Waals surface area contributed by atoms with Crippen LogP contribution >= 0.6 is 0 Å². The number of nitrogens with two attached hydrogens (primary N) is 1. The fourth-order valence-corrected chi connectivity index (χ4v) is 2.78. The number of carbonyl (C=O) groups is 1. The number of rotatable bonds is 1. The van der Waals surface area contributed by atoms with Gasteiger partial charge in [0.25, 0.3) is 0 Å². The third kappa shape index (κ3) is 1.48. The van der Waals surface area contributed by atoms with Crippen LogP contribution in [0.2, 0.25) is 0 Å². The summed E-state index contributed by atoms with van der Waals surface area (Å²) in [7, 11) is 0. The highest BCUT2D eigenvalue weighted by Crippen LogP contribution is 2.39. The van der Waals surface area contributed by atoms with Gasteiger partial charge in [-0.05, 0) is 31.4 Å². The molecule has 1 heterocycles. The Balaban J connectivity index is 2.21. The Hall–Kier alpha value is -1.97. The highest BCUT2D eigenvalue weighted by Gasteiger charge is 2.27. The molecule has 3 N–H and O–H groups in total. The lowest BCUT2D eigenvalue weighted by molar-refractivity contribution is 0.101. The van der Waals surface area contributed by atoms with Crippen molar-refractivity contribution in [3.05, 3.63) is 35.0 Å². The summed E-state index contributed by atoms with van der Waals surface area (Å²) in [5.41, 5.74) is 9.67. The van der Waals surface area contributed by atoms with Crippen LogP contribution in [0, 0.1) is 6.92 Å². The number of amides is 1. The maximum absolute atomic E-state index is 10.9. The van der Waals surface area contributed by atoms with Crippen LogP contribution in [0.25, 0.3) is 10.9 Å². The van der Waals surface area contributed by atoms with Crippen molar-refractivity contribution < 1.29 is 9.53 Å². The van der Waals surface area contributed by atoms with Gasteiger partial charge >= 0.3 is 6.09 Å². The summed E-state index contributed by atoms with van der Waals surface area (Å²) in [5.74, 6) is 0. The normalized spacial score (nSPS) is 18.3. The number of ether oxygens (including phenoxy) is 1. The molecule has 1 aliphatic rings. The van der Waals surface area contributed by atoms with E-state index in [-0.39, 0.29) is 6.10 Å². The summed E-state index contributed by atoms with van der Waals surface area (Å²) in [6.07, 6.45) is 0.798. The number of aromatic amines is 1. The van der Waals surface area contributed by atoms with E-state index in [1.54, 1.807) is 0 Å². The van der Waals surface area contributed by atoms with E-state index in [4.69, 9.17) is 10.5 Å². The summed E-state index contributed by atoms with van der Waals surface area (Å²) in [6, 6.07) is 6.22. The van der Waals surface area contributed by atoms with E-state index in [0.29, 0.717) is 0 Å². The van der Waals surface area contributed by atoms with Gasteiger partial charge in [0, 0.05) is 22.2 Å². The van der Waals surface area contributed by atoms with Gasteiger partial charge < -0.3 is 15.5 Å². The monoisotopic (exact) mass is 230 g/mol. The smallest absolute Gasteiger partial charge is 0.405 e. The molecule has 0 aliphatic heterocycles. The molecule has 0 saturated carbocycles. The maximum Gasteiger partial charge on any atom is 0.405 e. The predicted molar refractivity (Wildman–Crippen MR) is 64.8 cm³/mol. The lowest BCUT2D eigenvalue weighted by atomic mass is 9.89. The molecular weight excluding hydrogens is 216 g/mol. The van der Waals surface area contributed by atoms with Crippen LogP contribution in [-0.2, 0) is 11.2 Å². The van der Waals surface area contributed by atoms with Crippen molar-refractivity contribution in [2.45, 2.75) is 25.9 Å². The van der Waals surface area contributed by atoms with Crippen molar-refractivity contribution in [2.75, 3.05) is 0 Å². The third-order valence-electron chi connectivity index (χ3n) is 3.40. The second kappa shape index (κ2) is 3.52. The van der Waals surface area contributed by atoms with E-state index in [1.165, 1.54) is 10.9 Å². The van der Waals surface area contributed by atoms with E-state index in [1.807, 2.05) is 19.1 Å². The predicted octanol–water partition coefficient (Wildman–Crippen LogP) is 2.56. The third-order valence-corrected chi connectivity index (χ3v) is 3.40. The number of carbonyl (C=O) groups excluding carboxylic acids is 1. The highest BCUT2D eigenvalue weighted by molar-refractivity contribution is 5.89. The van der Waals surface area contributed by atoms with Gasteiger partial charge in [-0.2, -0.15) is 0 Å². The summed E-state index contributed by atoms with van der Waals surface area (Å²) < 4.78 is 5.20. The van der Waals surface area contributed by atoms with Crippen LogP contribution in [0.15, 0.2) is 18.2 Å². The van der Waals surface area contributed by atoms with Crippen LogP contribution in [0.5, 0.6) is 0 Å². The minimum Gasteiger partial charge on any atom is -0.441 e. The average Bonchev–Trinajstić information content (AvgIpc) is 2.61. The van der Waals surface area contributed by atoms with Crippen LogP contribution in [-0.4, -0.2) is 11.1 Å². The summed E-state index contributed by atoms with van der Waals surface area (Å²) >= 11 is 0. The van der Waals surface area contributed by atoms with Gasteiger partial charge in [0.1, 0.15) is 6.10 Å². The molecule has 1 atom stereocenters. The molecule has 3 rings (SSSR count). The number of hydrogen-bond donors (Lipinski definition) is 2. The highest BCUT2D eigenvalue weighted by atomic mass is 16.6. The van der Waals surface area contributed by atoms with Gasteiger partial charge in [-0.1, -0.05) is 12.1 Å². The van der Waals surface area contributed by atoms with E-state index < -0.39 is 6.09 Å². The molecule has 1 amide bonds. The quantitative estimate of drug-likeness (QED) is 0.790. The molecule has 88 valence electrons. The minimum atomic E-state index is -0.705. The number of H-pyrrole nitrogens is 1. The lowest BCUT2D eigenvalue weighted by Crippen LogP contribution is -2.20. The zero-order valence-electron chi connectivity index (χ0n) is 9.62. The average molecular weight is 230 g/mol. The maximum atomic E-state index is 10.9. The van der Waals surface area contributed by atoms with Crippen molar-refractivity contribution in [2.24, 2.45) is 5.73 Å². The van der Waals surface area contributed by atoms with Gasteiger partial charge in [0.15, 0.2) is 0 Å². The molecule has 0 bridgehead atoms. The summed E-state index contributed by atoms with van der Waals surface area (Å²) in [4.78, 5) is 14.3. The molecule has 1 aromatic heterocycles. The van der Waals surface area contributed by atoms with Crippen LogP contribution in [0.4, 0.5) is 4.79 Å². The fourth-order valence-electron chi connectivity index (χ4n) is 2.78. The van der Waals surface area contributed by atoms with E-state index >= 15 is 0 Å². The first kappa shape index (κ1) is 10.2. The first-order valence-electron chi connectivity index (χ1n) is 5.73. The Morgan fingerprint density at radius 3 is 3.12 bits per heavy atom. The second-order valence-electron chi connectivity index (χ2n) is 4.47. The lowest BCUT2D eigenvalue weighted by Gasteiger charge is -2.22. The standard InChI is InChI=1S/C13H14N2O2/c1-7-11-10(17-13(14)16)6-5-8-3-2-4-9(15-7)12(8)11/h2-4,10,15H,5-6H2,1H3,(H2,14,16). The van der Waals surface area contributed by atoms with Gasteiger partial charge in [-0.15, -0.1) is 0 Å². The fraction of sp³-hybridized carbons (Fsp3) is 0.308. The zero-order chi connectivity index (χ0) is 12.0. The molecule has 0 saturated heterocycles. The number of primary amides is 1. The molecule has 1 aliphatic carbocycles. The van der Waals surface area contributed by atoms with Gasteiger partial charge in [0.05, 0.1) is 0 Å². The number of aromatic nitrogens is 1. The molecule has 0 radical (unpaired) electrons. The summed E-state index contributed by atoms with van der Waals surface area (Å²) in [6.45, 7) is 2.00. The van der Waals surface area contributed by atoms with Crippen molar-refractivity contribution >= 4 is 17.0 Å². The van der Waals surface area contributed by atoms with Gasteiger partial charge in [-0.3, -0.25) is 0 Å². The molecule has 4 nitrogen and oxygen atoms in total. The first-order valence-corrected chi connectivity index (χ1v) is 5.73. The summed E-state index contributed by atoms with van der Waals surface area (Å²) in [5, 5.41) is 1.20. The molecule has 1 unspecified atom stereocenters. The Morgan fingerprint density at radius 1 is 1.53 bits per heavy atom. The number of aryl methyl sites for hydroxylation is 2. The molecule has 0 fully saturated rings. The van der Waals surface area contributed by atoms with Gasteiger partial charge in [-0.25, -0.2) is 4.79 Å². The second-order valence-corrected chi connectivity index (χ2v) is 4.47. The van der Waals surface area contributed by atoms with Crippen molar-refractivity contribution in [3.63, 3.8) is 0 Å². The van der Waals surface area contributed by atoms with Crippen molar-refractivity contribution in [1.29, 1.82) is 0 Å². The van der Waals surface area contributed by atoms with Gasteiger partial charge in [0.2, 0.25) is 0 Å². The van der Waals surface area contributed by atoms with Crippen LogP contribution in [0.1, 0.15) is 29.3 Å². The Kier molecular flexibility index (Phi) is 2.11. The Bertz CT molecular complexity index is 601. The van der Waals surface area contributed by atoms with E-state index in [9.17, 15) is 4.79 Å². The van der Waals surface area contributed by atoms with Crippen molar-refractivity contribution in [1.82, 2.24) is 4.98 Å². The Labute approximate surface area is 98.8 Å². The first-order chi connectivity index (χ1) is 8.16. The van der Waals surface area contributed by atoms with Crippen molar-refractivity contribution in [3.8, 4) is 0 Å². The molecular formula is C13H14N2O2. The zero-order valence-corrected chi connectivity index (χ0v) is 9.62. The topological polar surface area (TPSA) is 68.1 Å². The molecule has 17 heavy (non-hydrogen) atoms. The minimum absolute atomic E-state index is 0.212.